The summed E-state index contributed by atoms with van der Waals surface area (Å²) in [6.07, 6.45) is 0.953. The molecule has 0 aliphatic rings. The van der Waals surface area contributed by atoms with Crippen molar-refractivity contribution in [1.82, 2.24) is 20.8 Å². The maximum absolute atomic E-state index is 12.3. The number of amides is 2. The van der Waals surface area contributed by atoms with E-state index in [9.17, 15) is 29.8 Å². The lowest BCUT2D eigenvalue weighted by molar-refractivity contribution is -0.385. The molecule has 0 atom stereocenters. The number of carbonyl (C=O) groups excluding carboxylic acids is 2. The number of hydrazine groups is 2. The highest BCUT2D eigenvalue weighted by molar-refractivity contribution is 5.99. The molecule has 0 aliphatic heterocycles. The van der Waals surface area contributed by atoms with Gasteiger partial charge in [0.2, 0.25) is 11.6 Å². The van der Waals surface area contributed by atoms with Gasteiger partial charge < -0.3 is 0 Å². The molecule has 2 aromatic carbocycles. The van der Waals surface area contributed by atoms with E-state index in [0.717, 1.165) is 12.4 Å². The van der Waals surface area contributed by atoms with Crippen LogP contribution in [0.25, 0.3) is 0 Å². The normalized spacial score (nSPS) is 10.1. The summed E-state index contributed by atoms with van der Waals surface area (Å²) in [5, 5.41) is 22.7. The Balaban J connectivity index is 1.77. The number of hydrogen-bond acceptors (Lipinski definition) is 10. The number of aryl methyl sites for hydroxylation is 1. The number of aromatic nitrogens is 2. The molecule has 1 aromatic heterocycles. The Morgan fingerprint density at radius 3 is 1.85 bits per heavy atom. The Morgan fingerprint density at radius 1 is 0.788 bits per heavy atom. The number of benzene rings is 2. The highest BCUT2D eigenvalue weighted by atomic mass is 16.6. The van der Waals surface area contributed by atoms with Crippen LogP contribution in [-0.2, 0) is 0 Å². The first-order valence-corrected chi connectivity index (χ1v) is 9.20. The van der Waals surface area contributed by atoms with Gasteiger partial charge >= 0.3 is 5.69 Å². The lowest BCUT2D eigenvalue weighted by atomic mass is 10.1. The van der Waals surface area contributed by atoms with Gasteiger partial charge in [0.25, 0.3) is 17.5 Å². The van der Waals surface area contributed by atoms with Crippen molar-refractivity contribution < 1.29 is 19.4 Å². The van der Waals surface area contributed by atoms with Crippen LogP contribution in [-0.4, -0.2) is 31.6 Å². The van der Waals surface area contributed by atoms with Crippen molar-refractivity contribution in [2.24, 2.45) is 0 Å². The first kappa shape index (κ1) is 22.5. The monoisotopic (exact) mass is 452 g/mol. The molecule has 0 unspecified atom stereocenters. The molecule has 14 heteroatoms. The third-order valence-electron chi connectivity index (χ3n) is 4.33. The van der Waals surface area contributed by atoms with Crippen LogP contribution in [0, 0.1) is 27.2 Å². The van der Waals surface area contributed by atoms with E-state index < -0.39 is 38.9 Å². The third-order valence-corrected chi connectivity index (χ3v) is 4.33. The lowest BCUT2D eigenvalue weighted by Crippen LogP contribution is -2.32. The second kappa shape index (κ2) is 9.78. The number of carbonyl (C=O) groups is 2. The molecule has 1 heterocycles. The number of anilines is 2. The summed E-state index contributed by atoms with van der Waals surface area (Å²) >= 11 is 0. The second-order valence-corrected chi connectivity index (χ2v) is 6.42. The molecule has 0 radical (unpaired) electrons. The number of rotatable bonds is 8. The molecule has 0 aliphatic carbocycles. The van der Waals surface area contributed by atoms with E-state index in [1.165, 1.54) is 18.2 Å². The molecule has 0 saturated heterocycles. The highest BCUT2D eigenvalue weighted by Crippen LogP contribution is 2.28. The molecule has 0 spiro atoms. The van der Waals surface area contributed by atoms with Crippen LogP contribution >= 0.6 is 0 Å². The van der Waals surface area contributed by atoms with Crippen molar-refractivity contribution in [2.75, 3.05) is 10.9 Å². The van der Waals surface area contributed by atoms with Crippen molar-refractivity contribution in [3.05, 3.63) is 91.8 Å². The van der Waals surface area contributed by atoms with E-state index in [0.29, 0.717) is 11.1 Å². The lowest BCUT2D eigenvalue weighted by Gasteiger charge is -2.12. The van der Waals surface area contributed by atoms with Crippen molar-refractivity contribution in [3.8, 4) is 0 Å². The number of nitro benzene ring substituents is 1. The van der Waals surface area contributed by atoms with Gasteiger partial charge in [-0.25, -0.2) is 9.97 Å². The van der Waals surface area contributed by atoms with Gasteiger partial charge in [0.15, 0.2) is 0 Å². The van der Waals surface area contributed by atoms with E-state index in [1.54, 1.807) is 31.2 Å². The van der Waals surface area contributed by atoms with Crippen molar-refractivity contribution in [1.29, 1.82) is 0 Å². The van der Waals surface area contributed by atoms with E-state index >= 15 is 0 Å². The van der Waals surface area contributed by atoms with Crippen LogP contribution in [0.5, 0.6) is 0 Å². The molecule has 33 heavy (non-hydrogen) atoms. The smallest absolute Gasteiger partial charge is 0.276 e. The topological polar surface area (TPSA) is 194 Å². The second-order valence-electron chi connectivity index (χ2n) is 6.42. The zero-order valence-corrected chi connectivity index (χ0v) is 16.9. The minimum absolute atomic E-state index is 0.268. The molecule has 3 rings (SSSR count). The summed E-state index contributed by atoms with van der Waals surface area (Å²) in [7, 11) is 0. The van der Waals surface area contributed by atoms with Gasteiger partial charge in [-0.1, -0.05) is 30.3 Å². The van der Waals surface area contributed by atoms with Crippen LogP contribution in [0.1, 0.15) is 26.3 Å². The van der Waals surface area contributed by atoms with Crippen molar-refractivity contribution in [3.63, 3.8) is 0 Å². The van der Waals surface area contributed by atoms with E-state index in [1.807, 2.05) is 0 Å². The Hall–Kier alpha value is -5.14. The molecular formula is C19H16N8O6. The number of nitrogens with zero attached hydrogens (tertiary/aromatic N) is 4. The van der Waals surface area contributed by atoms with Crippen LogP contribution in [0.4, 0.5) is 23.0 Å². The predicted molar refractivity (Wildman–Crippen MR) is 115 cm³/mol. The van der Waals surface area contributed by atoms with Crippen LogP contribution in [0.2, 0.25) is 0 Å². The van der Waals surface area contributed by atoms with E-state index in [4.69, 9.17) is 0 Å². The fourth-order valence-electron chi connectivity index (χ4n) is 2.75. The summed E-state index contributed by atoms with van der Waals surface area (Å²) in [4.78, 5) is 53.3. The van der Waals surface area contributed by atoms with Gasteiger partial charge in [-0.3, -0.25) is 51.5 Å². The first-order valence-electron chi connectivity index (χ1n) is 9.20. The Bertz CT molecular complexity index is 1250. The summed E-state index contributed by atoms with van der Waals surface area (Å²) < 4.78 is 0. The fraction of sp³-hybridized carbons (Fsp3) is 0.0526. The Labute approximate surface area is 185 Å². The molecule has 4 N–H and O–H groups in total. The molecule has 0 fully saturated rings. The summed E-state index contributed by atoms with van der Waals surface area (Å²) in [5.74, 6) is -2.26. The number of nitrogens with one attached hydrogen (secondary N) is 4. The largest absolute Gasteiger partial charge is 0.356 e. The Kier molecular flexibility index (Phi) is 6.68. The van der Waals surface area contributed by atoms with Gasteiger partial charge in [0.05, 0.1) is 9.85 Å². The van der Waals surface area contributed by atoms with Crippen molar-refractivity contribution in [2.45, 2.75) is 6.92 Å². The molecule has 0 saturated carbocycles. The number of para-hydroxylation sites is 1. The van der Waals surface area contributed by atoms with Crippen molar-refractivity contribution >= 4 is 34.8 Å². The first-order chi connectivity index (χ1) is 15.8. The zero-order chi connectivity index (χ0) is 24.0. The molecule has 0 bridgehead atoms. The SMILES string of the molecule is Cc1ccccc1C(=O)NNc1ncnc(NNC(=O)c2ccccc2[N+](=O)[O-])c1[N+](=O)[O-]. The minimum Gasteiger partial charge on any atom is -0.276 e. The van der Waals surface area contributed by atoms with Crippen LogP contribution < -0.4 is 21.7 Å². The number of hydrogen-bond donors (Lipinski definition) is 4. The van der Waals surface area contributed by atoms with Gasteiger partial charge in [-0.15, -0.1) is 0 Å². The maximum Gasteiger partial charge on any atom is 0.356 e. The standard InChI is InChI=1S/C19H16N8O6/c1-11-6-2-3-7-12(11)18(28)24-22-16-15(27(32)33)17(21-10-20-16)23-25-19(29)13-8-4-5-9-14(13)26(30)31/h2-10H,1H3,(H,24,28)(H,25,29)(H2,20,21,22,23). The summed E-state index contributed by atoms with van der Waals surface area (Å²) in [6.45, 7) is 1.73. The zero-order valence-electron chi connectivity index (χ0n) is 16.9. The van der Waals surface area contributed by atoms with Crippen LogP contribution in [0.3, 0.4) is 0 Å². The van der Waals surface area contributed by atoms with Gasteiger partial charge in [-0.05, 0) is 24.6 Å². The molecular weight excluding hydrogens is 436 g/mol. The predicted octanol–water partition coefficient (Wildman–Crippen LogP) is 2.12. The molecule has 3 aromatic rings. The highest BCUT2D eigenvalue weighted by Gasteiger charge is 2.25. The average molecular weight is 452 g/mol. The van der Waals surface area contributed by atoms with Gasteiger partial charge in [0.1, 0.15) is 11.9 Å². The van der Waals surface area contributed by atoms with Gasteiger partial charge in [0, 0.05) is 11.6 Å². The molecule has 168 valence electrons. The number of nitro groups is 2. The fourth-order valence-corrected chi connectivity index (χ4v) is 2.75. The van der Waals surface area contributed by atoms with E-state index in [2.05, 4.69) is 31.7 Å². The van der Waals surface area contributed by atoms with Crippen LogP contribution in [0.15, 0.2) is 54.9 Å². The molecule has 2 amide bonds. The molecule has 14 nitrogen and oxygen atoms in total. The third kappa shape index (κ3) is 5.13. The summed E-state index contributed by atoms with van der Waals surface area (Å²) in [5.41, 5.74) is 8.70. The summed E-state index contributed by atoms with van der Waals surface area (Å²) in [6, 6.07) is 11.9. The minimum atomic E-state index is -0.919. The van der Waals surface area contributed by atoms with Gasteiger partial charge in [-0.2, -0.15) is 0 Å². The quantitative estimate of drug-likeness (QED) is 0.290. The van der Waals surface area contributed by atoms with E-state index in [-0.39, 0.29) is 11.4 Å². The average Bonchev–Trinajstić information content (AvgIpc) is 2.81. The Morgan fingerprint density at radius 2 is 1.30 bits per heavy atom. The maximum atomic E-state index is 12.3.